The summed E-state index contributed by atoms with van der Waals surface area (Å²) < 4.78 is 20.1. The summed E-state index contributed by atoms with van der Waals surface area (Å²) in [5.41, 5.74) is 5.32. The van der Waals surface area contributed by atoms with E-state index in [9.17, 15) is 14.0 Å². The van der Waals surface area contributed by atoms with Crippen molar-refractivity contribution in [2.24, 2.45) is 5.73 Å². The largest absolute Gasteiger partial charge is 0.448 e. The van der Waals surface area contributed by atoms with Crippen molar-refractivity contribution >= 4 is 12.0 Å². The van der Waals surface area contributed by atoms with Crippen LogP contribution in [-0.4, -0.2) is 29.7 Å². The van der Waals surface area contributed by atoms with Crippen molar-refractivity contribution < 1.29 is 18.7 Å². The van der Waals surface area contributed by atoms with E-state index in [0.29, 0.717) is 5.69 Å². The highest BCUT2D eigenvalue weighted by molar-refractivity contribution is 5.94. The van der Waals surface area contributed by atoms with Gasteiger partial charge in [-0.05, 0) is 30.3 Å². The molecule has 21 heavy (non-hydrogen) atoms. The van der Waals surface area contributed by atoms with Gasteiger partial charge in [-0.1, -0.05) is 0 Å². The summed E-state index contributed by atoms with van der Waals surface area (Å²) in [7, 11) is 0. The van der Waals surface area contributed by atoms with E-state index in [-0.39, 0.29) is 18.7 Å². The van der Waals surface area contributed by atoms with Crippen LogP contribution in [0.5, 0.6) is 0 Å². The molecule has 0 saturated carbocycles. The first kappa shape index (κ1) is 14.6. The second-order valence-electron chi connectivity index (χ2n) is 4.18. The lowest BCUT2D eigenvalue weighted by molar-refractivity contribution is 0.0936. The van der Waals surface area contributed by atoms with E-state index in [4.69, 9.17) is 5.73 Å². The third kappa shape index (κ3) is 3.82. The second-order valence-corrected chi connectivity index (χ2v) is 4.18. The molecule has 1 aromatic heterocycles. The summed E-state index contributed by atoms with van der Waals surface area (Å²) in [6.07, 6.45) is 2.50. The van der Waals surface area contributed by atoms with Gasteiger partial charge in [-0.2, -0.15) is 0 Å². The Morgan fingerprint density at radius 1 is 1.29 bits per heavy atom. The lowest BCUT2D eigenvalue weighted by Gasteiger charge is -2.08. The van der Waals surface area contributed by atoms with Crippen molar-refractivity contribution in [2.75, 3.05) is 13.2 Å². The normalized spacial score (nSPS) is 10.1. The van der Waals surface area contributed by atoms with Crippen LogP contribution in [0.1, 0.15) is 10.4 Å². The fraction of sp³-hybridized carbons (Fsp3) is 0.143. The number of primary amides is 1. The van der Waals surface area contributed by atoms with Crippen LogP contribution >= 0.6 is 0 Å². The quantitative estimate of drug-likeness (QED) is 0.817. The molecule has 110 valence electrons. The van der Waals surface area contributed by atoms with Gasteiger partial charge < -0.3 is 20.4 Å². The van der Waals surface area contributed by atoms with Crippen molar-refractivity contribution in [1.29, 1.82) is 0 Å². The van der Waals surface area contributed by atoms with E-state index < -0.39 is 17.8 Å². The van der Waals surface area contributed by atoms with Gasteiger partial charge in [-0.15, -0.1) is 0 Å². The lowest BCUT2D eigenvalue weighted by Crippen LogP contribution is -2.29. The standard InChI is InChI=1S/C14H14FN3O3/c15-11-9-10(13(19)17-5-8-21-14(16)20)3-4-12(11)18-6-1-2-7-18/h1-4,6-7,9H,5,8H2,(H2,16,20)(H,17,19). The Morgan fingerprint density at radius 2 is 2.00 bits per heavy atom. The smallest absolute Gasteiger partial charge is 0.404 e. The van der Waals surface area contributed by atoms with Gasteiger partial charge in [0.2, 0.25) is 0 Å². The number of nitrogens with zero attached hydrogens (tertiary/aromatic N) is 1. The number of ether oxygens (including phenoxy) is 1. The van der Waals surface area contributed by atoms with Crippen molar-refractivity contribution in [3.05, 3.63) is 54.1 Å². The van der Waals surface area contributed by atoms with E-state index in [1.807, 2.05) is 0 Å². The molecule has 2 aromatic rings. The summed E-state index contributed by atoms with van der Waals surface area (Å²) in [5, 5.41) is 2.49. The van der Waals surface area contributed by atoms with Crippen LogP contribution in [0.3, 0.4) is 0 Å². The Bertz CT molecular complexity index is 641. The number of hydrogen-bond acceptors (Lipinski definition) is 3. The van der Waals surface area contributed by atoms with Crippen LogP contribution in [0.2, 0.25) is 0 Å². The van der Waals surface area contributed by atoms with Gasteiger partial charge in [-0.25, -0.2) is 9.18 Å². The number of nitrogens with two attached hydrogens (primary N) is 1. The maximum absolute atomic E-state index is 14.0. The molecule has 0 radical (unpaired) electrons. The molecule has 1 aromatic carbocycles. The van der Waals surface area contributed by atoms with Crippen molar-refractivity contribution in [3.63, 3.8) is 0 Å². The molecule has 0 fully saturated rings. The summed E-state index contributed by atoms with van der Waals surface area (Å²) in [6, 6.07) is 7.74. The predicted octanol–water partition coefficient (Wildman–Crippen LogP) is 1.44. The summed E-state index contributed by atoms with van der Waals surface area (Å²) >= 11 is 0. The second kappa shape index (κ2) is 6.56. The van der Waals surface area contributed by atoms with Gasteiger partial charge in [0.1, 0.15) is 12.4 Å². The van der Waals surface area contributed by atoms with Gasteiger partial charge in [0.15, 0.2) is 0 Å². The molecule has 2 amide bonds. The molecule has 1 heterocycles. The van der Waals surface area contributed by atoms with Crippen molar-refractivity contribution in [3.8, 4) is 5.69 Å². The number of benzene rings is 1. The molecule has 0 atom stereocenters. The van der Waals surface area contributed by atoms with E-state index in [1.54, 1.807) is 29.1 Å². The first-order valence-corrected chi connectivity index (χ1v) is 6.21. The number of halogens is 1. The molecular formula is C14H14FN3O3. The first-order valence-electron chi connectivity index (χ1n) is 6.21. The highest BCUT2D eigenvalue weighted by Crippen LogP contribution is 2.15. The third-order valence-electron chi connectivity index (χ3n) is 2.72. The van der Waals surface area contributed by atoms with Gasteiger partial charge in [0.25, 0.3) is 5.91 Å². The summed E-state index contributed by atoms with van der Waals surface area (Å²) in [5.74, 6) is -0.965. The lowest BCUT2D eigenvalue weighted by atomic mass is 10.2. The van der Waals surface area contributed by atoms with Gasteiger partial charge >= 0.3 is 6.09 Å². The Kier molecular flexibility index (Phi) is 4.55. The minimum absolute atomic E-state index is 0.0367. The number of amides is 2. The van der Waals surface area contributed by atoms with Gasteiger partial charge in [0, 0.05) is 18.0 Å². The van der Waals surface area contributed by atoms with E-state index in [0.717, 1.165) is 6.07 Å². The van der Waals surface area contributed by atoms with Crippen molar-refractivity contribution in [2.45, 2.75) is 0 Å². The zero-order valence-electron chi connectivity index (χ0n) is 11.1. The Balaban J connectivity index is 1.99. The average Bonchev–Trinajstić information content (AvgIpc) is 2.97. The molecule has 7 heteroatoms. The molecule has 0 aliphatic heterocycles. The van der Waals surface area contributed by atoms with Crippen LogP contribution in [0.15, 0.2) is 42.7 Å². The van der Waals surface area contributed by atoms with E-state index in [2.05, 4.69) is 10.1 Å². The van der Waals surface area contributed by atoms with Crippen LogP contribution < -0.4 is 11.1 Å². The van der Waals surface area contributed by atoms with E-state index >= 15 is 0 Å². The average molecular weight is 291 g/mol. The number of carbonyl (C=O) groups excluding carboxylic acids is 2. The SMILES string of the molecule is NC(=O)OCCNC(=O)c1ccc(-n2cccc2)c(F)c1. The summed E-state index contributed by atoms with van der Waals surface area (Å²) in [4.78, 5) is 22.1. The molecule has 0 aliphatic rings. The maximum atomic E-state index is 14.0. The topological polar surface area (TPSA) is 86.4 Å². The zero-order valence-corrected chi connectivity index (χ0v) is 11.1. The molecule has 3 N–H and O–H groups in total. The Morgan fingerprint density at radius 3 is 2.62 bits per heavy atom. The molecule has 0 unspecified atom stereocenters. The minimum atomic E-state index is -0.911. The van der Waals surface area contributed by atoms with Gasteiger partial charge in [0.05, 0.1) is 12.2 Å². The molecule has 0 saturated heterocycles. The van der Waals surface area contributed by atoms with Gasteiger partial charge in [-0.3, -0.25) is 4.79 Å². The van der Waals surface area contributed by atoms with Crippen molar-refractivity contribution in [1.82, 2.24) is 9.88 Å². The Hall–Kier alpha value is -2.83. The summed E-state index contributed by atoms with van der Waals surface area (Å²) in [6.45, 7) is 0.0632. The van der Waals surface area contributed by atoms with Crippen LogP contribution in [0.4, 0.5) is 9.18 Å². The minimum Gasteiger partial charge on any atom is -0.448 e. The molecule has 0 aliphatic carbocycles. The number of hydrogen-bond donors (Lipinski definition) is 2. The zero-order chi connectivity index (χ0) is 15.2. The maximum Gasteiger partial charge on any atom is 0.404 e. The van der Waals surface area contributed by atoms with E-state index in [1.165, 1.54) is 12.1 Å². The highest BCUT2D eigenvalue weighted by atomic mass is 19.1. The Labute approximate surface area is 120 Å². The number of nitrogens with one attached hydrogen (secondary N) is 1. The molecule has 0 bridgehead atoms. The van der Waals surface area contributed by atoms with Crippen LogP contribution in [-0.2, 0) is 4.74 Å². The number of aromatic nitrogens is 1. The first-order chi connectivity index (χ1) is 10.1. The third-order valence-corrected chi connectivity index (χ3v) is 2.72. The predicted molar refractivity (Wildman–Crippen MR) is 73.6 cm³/mol. The number of carbonyl (C=O) groups is 2. The molecule has 2 rings (SSSR count). The molecule has 6 nitrogen and oxygen atoms in total. The molecular weight excluding hydrogens is 277 g/mol. The van der Waals surface area contributed by atoms with Crippen LogP contribution in [0, 0.1) is 5.82 Å². The fourth-order valence-corrected chi connectivity index (χ4v) is 1.77. The van der Waals surface area contributed by atoms with Crippen LogP contribution in [0.25, 0.3) is 5.69 Å². The number of rotatable bonds is 5. The molecule has 0 spiro atoms. The monoisotopic (exact) mass is 291 g/mol. The highest BCUT2D eigenvalue weighted by Gasteiger charge is 2.10. The fourth-order valence-electron chi connectivity index (χ4n) is 1.77.